The summed E-state index contributed by atoms with van der Waals surface area (Å²) in [6.45, 7) is 2.16. The number of amidine groups is 1. The molecule has 0 saturated heterocycles. The smallest absolute Gasteiger partial charge is 0.225 e. The molecule has 0 spiro atoms. The van der Waals surface area contributed by atoms with E-state index in [9.17, 15) is 0 Å². The molecule has 0 bridgehead atoms. The van der Waals surface area contributed by atoms with Crippen molar-refractivity contribution in [1.29, 1.82) is 0 Å². The van der Waals surface area contributed by atoms with E-state index in [2.05, 4.69) is 22.0 Å². The van der Waals surface area contributed by atoms with E-state index >= 15 is 0 Å². The third-order valence-electron chi connectivity index (χ3n) is 3.24. The number of oxime groups is 1. The van der Waals surface area contributed by atoms with Gasteiger partial charge in [0.1, 0.15) is 5.69 Å². The first kappa shape index (κ1) is 11.6. The van der Waals surface area contributed by atoms with Gasteiger partial charge in [-0.3, -0.25) is 0 Å². The Morgan fingerprint density at radius 2 is 2.35 bits per heavy atom. The van der Waals surface area contributed by atoms with Crippen molar-refractivity contribution in [3.63, 3.8) is 0 Å². The van der Waals surface area contributed by atoms with Crippen molar-refractivity contribution in [3.05, 3.63) is 18.0 Å². The van der Waals surface area contributed by atoms with Crippen LogP contribution < -0.4 is 10.6 Å². The van der Waals surface area contributed by atoms with Crippen molar-refractivity contribution >= 4 is 11.8 Å². The maximum absolute atomic E-state index is 8.61. The van der Waals surface area contributed by atoms with Gasteiger partial charge in [-0.15, -0.1) is 0 Å². The Kier molecular flexibility index (Phi) is 3.12. The molecule has 1 heterocycles. The minimum absolute atomic E-state index is 0.00104. The highest BCUT2D eigenvalue weighted by Gasteiger charge is 2.31. The zero-order valence-electron chi connectivity index (χ0n) is 10.0. The summed E-state index contributed by atoms with van der Waals surface area (Å²) in [5.74, 6) is 1.34. The molecule has 0 radical (unpaired) electrons. The molecule has 0 amide bonds. The summed E-state index contributed by atoms with van der Waals surface area (Å²) in [4.78, 5) is 10.5. The van der Waals surface area contributed by atoms with Gasteiger partial charge in [0.15, 0.2) is 5.84 Å². The normalized spacial score (nSPS) is 17.9. The van der Waals surface area contributed by atoms with Crippen LogP contribution in [0.3, 0.4) is 0 Å². The Balaban J connectivity index is 2.20. The molecule has 0 aliphatic heterocycles. The van der Waals surface area contributed by atoms with Crippen molar-refractivity contribution in [2.45, 2.75) is 25.8 Å². The molecule has 1 aliphatic rings. The quantitative estimate of drug-likeness (QED) is 0.349. The molecule has 1 unspecified atom stereocenters. The summed E-state index contributed by atoms with van der Waals surface area (Å²) >= 11 is 0. The first-order chi connectivity index (χ1) is 8.13. The van der Waals surface area contributed by atoms with Gasteiger partial charge in [-0.1, -0.05) is 5.16 Å². The Morgan fingerprint density at radius 3 is 2.94 bits per heavy atom. The number of rotatable bonds is 4. The lowest BCUT2D eigenvalue weighted by Gasteiger charge is -2.24. The lowest BCUT2D eigenvalue weighted by molar-refractivity contribution is 0.318. The van der Waals surface area contributed by atoms with Gasteiger partial charge in [-0.05, 0) is 31.7 Å². The van der Waals surface area contributed by atoms with Gasteiger partial charge in [0, 0.05) is 19.3 Å². The number of hydrogen-bond acceptors (Lipinski definition) is 5. The molecule has 2 rings (SSSR count). The van der Waals surface area contributed by atoms with Crippen molar-refractivity contribution in [3.8, 4) is 0 Å². The molecule has 1 fully saturated rings. The lowest BCUT2D eigenvalue weighted by Crippen LogP contribution is -2.32. The average molecular weight is 235 g/mol. The van der Waals surface area contributed by atoms with Gasteiger partial charge < -0.3 is 15.8 Å². The summed E-state index contributed by atoms with van der Waals surface area (Å²) in [6, 6.07) is 2.03. The van der Waals surface area contributed by atoms with Crippen LogP contribution in [-0.2, 0) is 0 Å². The first-order valence-electron chi connectivity index (χ1n) is 5.67. The fourth-order valence-corrected chi connectivity index (χ4v) is 1.79. The van der Waals surface area contributed by atoms with E-state index in [0.29, 0.717) is 17.7 Å². The summed E-state index contributed by atoms with van der Waals surface area (Å²) in [6.07, 6.45) is 4.16. The second-order valence-corrected chi connectivity index (χ2v) is 4.42. The maximum Gasteiger partial charge on any atom is 0.225 e. The fourth-order valence-electron chi connectivity index (χ4n) is 1.79. The molecule has 17 heavy (non-hydrogen) atoms. The molecular weight excluding hydrogens is 218 g/mol. The monoisotopic (exact) mass is 235 g/mol. The van der Waals surface area contributed by atoms with Crippen molar-refractivity contribution in [1.82, 2.24) is 9.97 Å². The molecule has 0 aromatic carbocycles. The summed E-state index contributed by atoms with van der Waals surface area (Å²) in [5.41, 5.74) is 5.94. The molecule has 1 saturated carbocycles. The number of hydrogen-bond donors (Lipinski definition) is 2. The second-order valence-electron chi connectivity index (χ2n) is 4.42. The van der Waals surface area contributed by atoms with Crippen molar-refractivity contribution in [2.75, 3.05) is 11.9 Å². The minimum Gasteiger partial charge on any atom is -0.409 e. The van der Waals surface area contributed by atoms with Crippen LogP contribution in [0.4, 0.5) is 5.95 Å². The van der Waals surface area contributed by atoms with Crippen LogP contribution >= 0.6 is 0 Å². The molecule has 92 valence electrons. The van der Waals surface area contributed by atoms with Gasteiger partial charge in [0.05, 0.1) is 0 Å². The van der Waals surface area contributed by atoms with Gasteiger partial charge in [0.2, 0.25) is 5.95 Å². The van der Waals surface area contributed by atoms with Crippen LogP contribution in [0.1, 0.15) is 25.5 Å². The Hall–Kier alpha value is -1.85. The second kappa shape index (κ2) is 4.57. The highest BCUT2D eigenvalue weighted by atomic mass is 16.4. The summed E-state index contributed by atoms with van der Waals surface area (Å²) in [7, 11) is 1.97. The largest absolute Gasteiger partial charge is 0.409 e. The lowest BCUT2D eigenvalue weighted by atomic mass is 10.2. The van der Waals surface area contributed by atoms with E-state index in [1.165, 1.54) is 12.8 Å². The van der Waals surface area contributed by atoms with Crippen LogP contribution in [-0.4, -0.2) is 34.1 Å². The predicted octanol–water partition coefficient (Wildman–Crippen LogP) is 0.806. The summed E-state index contributed by atoms with van der Waals surface area (Å²) in [5, 5.41) is 11.6. The van der Waals surface area contributed by atoms with Gasteiger partial charge in [0.25, 0.3) is 0 Å². The molecule has 3 N–H and O–H groups in total. The van der Waals surface area contributed by atoms with Crippen LogP contribution in [0, 0.1) is 5.92 Å². The number of nitrogens with two attached hydrogens (primary N) is 1. The first-order valence-corrected chi connectivity index (χ1v) is 5.67. The summed E-state index contributed by atoms with van der Waals surface area (Å²) < 4.78 is 0. The van der Waals surface area contributed by atoms with Crippen LogP contribution in [0.15, 0.2) is 17.4 Å². The average Bonchev–Trinajstić information content (AvgIpc) is 3.20. The molecule has 1 atom stereocenters. The predicted molar refractivity (Wildman–Crippen MR) is 65.1 cm³/mol. The number of nitrogens with zero attached hydrogens (tertiary/aromatic N) is 4. The van der Waals surface area contributed by atoms with E-state index in [0.717, 1.165) is 5.92 Å². The van der Waals surface area contributed by atoms with E-state index in [4.69, 9.17) is 10.9 Å². The number of anilines is 1. The van der Waals surface area contributed by atoms with Crippen LogP contribution in [0.5, 0.6) is 0 Å². The highest BCUT2D eigenvalue weighted by molar-refractivity contribution is 5.95. The van der Waals surface area contributed by atoms with Gasteiger partial charge in [-0.2, -0.15) is 0 Å². The Morgan fingerprint density at radius 1 is 1.65 bits per heavy atom. The SMILES string of the molecule is CC(C1CC1)N(C)c1nccc(/C(N)=N/O)n1. The highest BCUT2D eigenvalue weighted by Crippen LogP contribution is 2.35. The van der Waals surface area contributed by atoms with E-state index in [1.807, 2.05) is 11.9 Å². The third-order valence-corrected chi connectivity index (χ3v) is 3.24. The fraction of sp³-hybridized carbons (Fsp3) is 0.545. The minimum atomic E-state index is 0.00104. The molecule has 1 aliphatic carbocycles. The maximum atomic E-state index is 8.61. The van der Waals surface area contributed by atoms with Gasteiger partial charge >= 0.3 is 0 Å². The topological polar surface area (TPSA) is 87.6 Å². The van der Waals surface area contributed by atoms with Crippen LogP contribution in [0.2, 0.25) is 0 Å². The van der Waals surface area contributed by atoms with E-state index in [1.54, 1.807) is 12.3 Å². The van der Waals surface area contributed by atoms with E-state index in [-0.39, 0.29) is 5.84 Å². The molecule has 1 aromatic heterocycles. The number of aromatic nitrogens is 2. The third kappa shape index (κ3) is 2.46. The van der Waals surface area contributed by atoms with Crippen molar-refractivity contribution < 1.29 is 5.21 Å². The standard InChI is InChI=1S/C11H17N5O/c1-7(8-3-4-8)16(2)11-13-6-5-9(14-11)10(12)15-17/h5-8,17H,3-4H2,1-2H3,(H2,12,15). The molecule has 1 aromatic rings. The molecular formula is C11H17N5O. The Labute approximate surface area is 100 Å². The molecule has 6 heteroatoms. The van der Waals surface area contributed by atoms with Crippen LogP contribution in [0.25, 0.3) is 0 Å². The zero-order chi connectivity index (χ0) is 12.4. The van der Waals surface area contributed by atoms with E-state index < -0.39 is 0 Å². The molecule has 6 nitrogen and oxygen atoms in total. The Bertz CT molecular complexity index is 430. The van der Waals surface area contributed by atoms with Crippen molar-refractivity contribution in [2.24, 2.45) is 16.8 Å². The van der Waals surface area contributed by atoms with Gasteiger partial charge in [-0.25, -0.2) is 9.97 Å². The zero-order valence-corrected chi connectivity index (χ0v) is 10.0.